The van der Waals surface area contributed by atoms with Crippen LogP contribution in [0.1, 0.15) is 73.7 Å². The molecule has 1 aliphatic heterocycles. The summed E-state index contributed by atoms with van der Waals surface area (Å²) in [4.78, 5) is 30.7. The van der Waals surface area contributed by atoms with Crippen LogP contribution >= 0.6 is 0 Å². The summed E-state index contributed by atoms with van der Waals surface area (Å²) in [5, 5.41) is 0. The van der Waals surface area contributed by atoms with Crippen LogP contribution in [0.3, 0.4) is 0 Å². The van der Waals surface area contributed by atoms with E-state index in [2.05, 4.69) is 4.90 Å². The molecule has 0 saturated heterocycles. The van der Waals surface area contributed by atoms with E-state index in [0.717, 1.165) is 76.4 Å². The van der Waals surface area contributed by atoms with Crippen LogP contribution in [0, 0.1) is 0 Å². The van der Waals surface area contributed by atoms with E-state index in [1.54, 1.807) is 0 Å². The van der Waals surface area contributed by atoms with Crippen molar-refractivity contribution < 1.29 is 14.3 Å². The number of hydrogen-bond acceptors (Lipinski definition) is 3. The van der Waals surface area contributed by atoms with Gasteiger partial charge in [-0.05, 0) is 49.8 Å². The molecular formula is C29H38N2O3. The van der Waals surface area contributed by atoms with Crippen LogP contribution < -0.4 is 4.74 Å². The van der Waals surface area contributed by atoms with Crippen molar-refractivity contribution in [1.82, 2.24) is 9.80 Å². The summed E-state index contributed by atoms with van der Waals surface area (Å²) < 4.78 is 6.58. The molecule has 1 aliphatic carbocycles. The van der Waals surface area contributed by atoms with Crippen LogP contribution in [0.2, 0.25) is 0 Å². The molecule has 1 saturated carbocycles. The van der Waals surface area contributed by atoms with Crippen molar-refractivity contribution in [1.29, 1.82) is 0 Å². The highest BCUT2D eigenvalue weighted by Gasteiger charge is 2.35. The lowest BCUT2D eigenvalue weighted by Crippen LogP contribution is -2.51. The molecule has 2 aromatic rings. The highest BCUT2D eigenvalue weighted by molar-refractivity contribution is 5.96. The highest BCUT2D eigenvalue weighted by atomic mass is 16.5. The van der Waals surface area contributed by atoms with Crippen LogP contribution in [0.4, 0.5) is 0 Å². The Bertz CT molecular complexity index is 945. The van der Waals surface area contributed by atoms with E-state index in [1.807, 2.05) is 66.5 Å². The molecule has 0 radical (unpaired) electrons. The van der Waals surface area contributed by atoms with Gasteiger partial charge in [0.05, 0.1) is 18.0 Å². The minimum absolute atomic E-state index is 0.00911. The van der Waals surface area contributed by atoms with Crippen LogP contribution in [0.5, 0.6) is 5.75 Å². The van der Waals surface area contributed by atoms with Crippen LogP contribution in [0.15, 0.2) is 54.6 Å². The number of hydrogen-bond donors (Lipinski definition) is 0. The number of rotatable bonds is 2. The van der Waals surface area contributed by atoms with Gasteiger partial charge >= 0.3 is 0 Å². The summed E-state index contributed by atoms with van der Waals surface area (Å²) >= 11 is 0. The lowest BCUT2D eigenvalue weighted by Gasteiger charge is -2.40. The Labute approximate surface area is 204 Å². The molecular weight excluding hydrogens is 424 g/mol. The van der Waals surface area contributed by atoms with E-state index in [-0.39, 0.29) is 24.0 Å². The molecule has 5 heteroatoms. The lowest BCUT2D eigenvalue weighted by molar-refractivity contribution is -0.136. The minimum atomic E-state index is -0.0992. The number of para-hydroxylation sites is 1. The molecule has 34 heavy (non-hydrogen) atoms. The number of carbonyl (C=O) groups excluding carboxylic acids is 2. The van der Waals surface area contributed by atoms with Gasteiger partial charge in [0, 0.05) is 20.1 Å². The topological polar surface area (TPSA) is 49.9 Å². The van der Waals surface area contributed by atoms with Crippen molar-refractivity contribution in [3.8, 4) is 5.75 Å². The second-order valence-electron chi connectivity index (χ2n) is 9.75. The third-order valence-electron chi connectivity index (χ3n) is 7.22. The van der Waals surface area contributed by atoms with Gasteiger partial charge in [0.1, 0.15) is 11.9 Å². The van der Waals surface area contributed by atoms with Gasteiger partial charge in [0.25, 0.3) is 5.91 Å². The number of amides is 2. The Morgan fingerprint density at radius 3 is 2.35 bits per heavy atom. The van der Waals surface area contributed by atoms with Crippen molar-refractivity contribution in [3.05, 3.63) is 65.7 Å². The average Bonchev–Trinajstić information content (AvgIpc) is 2.86. The third-order valence-corrected chi connectivity index (χ3v) is 7.22. The first-order valence-electron chi connectivity index (χ1n) is 13.0. The standard InChI is InChI=1S/C29H38N2O3/c1-30-20-12-3-2-4-13-21-31(28(32)22-23-14-6-5-7-15-23)25-17-9-11-19-27(25)34-26-18-10-8-16-24(26)29(30)33/h5-8,10,14-16,18,25,27H,2-4,9,11-13,17,19-22H2,1H3/t25-,27+/m1/s1. The molecule has 5 nitrogen and oxygen atoms in total. The van der Waals surface area contributed by atoms with Crippen molar-refractivity contribution >= 4 is 11.8 Å². The fraction of sp³-hybridized carbons (Fsp3) is 0.517. The summed E-state index contributed by atoms with van der Waals surface area (Å²) in [6.45, 7) is 1.53. The number of benzene rings is 2. The zero-order valence-corrected chi connectivity index (χ0v) is 20.5. The number of carbonyl (C=O) groups is 2. The molecule has 0 aromatic heterocycles. The van der Waals surface area contributed by atoms with E-state index in [0.29, 0.717) is 17.7 Å². The Morgan fingerprint density at radius 1 is 0.853 bits per heavy atom. The minimum Gasteiger partial charge on any atom is -0.487 e. The Hall–Kier alpha value is -2.82. The monoisotopic (exact) mass is 462 g/mol. The summed E-state index contributed by atoms with van der Waals surface area (Å²) in [6.07, 6.45) is 9.68. The first-order chi connectivity index (χ1) is 16.6. The molecule has 1 fully saturated rings. The molecule has 2 atom stereocenters. The predicted octanol–water partition coefficient (Wildman–Crippen LogP) is 5.48. The largest absolute Gasteiger partial charge is 0.487 e. The molecule has 2 amide bonds. The Kier molecular flexibility index (Phi) is 8.62. The summed E-state index contributed by atoms with van der Waals surface area (Å²) in [7, 11) is 1.88. The Morgan fingerprint density at radius 2 is 1.53 bits per heavy atom. The fourth-order valence-corrected chi connectivity index (χ4v) is 5.30. The van der Waals surface area contributed by atoms with Crippen molar-refractivity contribution in [2.24, 2.45) is 0 Å². The molecule has 2 aromatic carbocycles. The maximum atomic E-state index is 13.6. The van der Waals surface area contributed by atoms with E-state index in [9.17, 15) is 9.59 Å². The first-order valence-corrected chi connectivity index (χ1v) is 13.0. The molecule has 0 bridgehead atoms. The molecule has 2 aliphatic rings. The second-order valence-corrected chi connectivity index (χ2v) is 9.75. The molecule has 0 N–H and O–H groups in total. The van der Waals surface area contributed by atoms with E-state index in [1.165, 1.54) is 0 Å². The third kappa shape index (κ3) is 6.19. The van der Waals surface area contributed by atoms with E-state index >= 15 is 0 Å². The summed E-state index contributed by atoms with van der Waals surface area (Å²) in [6, 6.07) is 17.7. The fourth-order valence-electron chi connectivity index (χ4n) is 5.30. The Balaban J connectivity index is 1.61. The van der Waals surface area contributed by atoms with Crippen LogP contribution in [-0.2, 0) is 11.2 Å². The predicted molar refractivity (Wildman–Crippen MR) is 135 cm³/mol. The van der Waals surface area contributed by atoms with Crippen molar-refractivity contribution in [3.63, 3.8) is 0 Å². The highest BCUT2D eigenvalue weighted by Crippen LogP contribution is 2.31. The second kappa shape index (κ2) is 12.0. The quantitative estimate of drug-likeness (QED) is 0.593. The van der Waals surface area contributed by atoms with Gasteiger partial charge in [-0.15, -0.1) is 0 Å². The van der Waals surface area contributed by atoms with Gasteiger partial charge in [-0.3, -0.25) is 9.59 Å². The number of fused-ring (bicyclic) bond motifs is 2. The number of ether oxygens (including phenoxy) is 1. The van der Waals surface area contributed by atoms with Crippen molar-refractivity contribution in [2.75, 3.05) is 20.1 Å². The zero-order chi connectivity index (χ0) is 23.8. The maximum absolute atomic E-state index is 13.6. The van der Waals surface area contributed by atoms with Crippen LogP contribution in [0.25, 0.3) is 0 Å². The van der Waals surface area contributed by atoms with E-state index in [4.69, 9.17) is 4.74 Å². The van der Waals surface area contributed by atoms with Crippen molar-refractivity contribution in [2.45, 2.75) is 76.4 Å². The normalized spacial score (nSPS) is 22.6. The van der Waals surface area contributed by atoms with Gasteiger partial charge in [0.2, 0.25) is 5.91 Å². The maximum Gasteiger partial charge on any atom is 0.257 e. The van der Waals surface area contributed by atoms with Gasteiger partial charge in [-0.2, -0.15) is 0 Å². The van der Waals surface area contributed by atoms with Gasteiger partial charge in [-0.1, -0.05) is 68.1 Å². The molecule has 4 rings (SSSR count). The average molecular weight is 463 g/mol. The molecule has 0 spiro atoms. The van der Waals surface area contributed by atoms with Gasteiger partial charge < -0.3 is 14.5 Å². The first kappa shape index (κ1) is 24.3. The number of nitrogens with zero attached hydrogens (tertiary/aromatic N) is 2. The molecule has 0 unspecified atom stereocenters. The van der Waals surface area contributed by atoms with E-state index < -0.39 is 0 Å². The molecule has 182 valence electrons. The summed E-state index contributed by atoms with van der Waals surface area (Å²) in [5.41, 5.74) is 1.67. The SMILES string of the molecule is CN1CCCCCCCN(C(=O)Cc2ccccc2)[C@@H]2CCCC[C@@H]2Oc2ccccc2C1=O. The van der Waals surface area contributed by atoms with Gasteiger partial charge in [-0.25, -0.2) is 0 Å². The smallest absolute Gasteiger partial charge is 0.257 e. The summed E-state index contributed by atoms with van der Waals surface area (Å²) in [5.74, 6) is 0.830. The van der Waals surface area contributed by atoms with Gasteiger partial charge in [0.15, 0.2) is 0 Å². The van der Waals surface area contributed by atoms with Crippen LogP contribution in [-0.4, -0.2) is 53.9 Å². The lowest BCUT2D eigenvalue weighted by atomic mass is 9.90. The zero-order valence-electron chi connectivity index (χ0n) is 20.5. The molecule has 1 heterocycles.